The molecule has 7 heteroatoms. The van der Waals surface area contributed by atoms with Crippen LogP contribution in [-0.4, -0.2) is 89.2 Å². The summed E-state index contributed by atoms with van der Waals surface area (Å²) in [6.07, 6.45) is 0. The lowest BCUT2D eigenvalue weighted by Crippen LogP contribution is -2.54. The van der Waals surface area contributed by atoms with E-state index in [4.69, 9.17) is 10.2 Å². The molecule has 0 spiro atoms. The van der Waals surface area contributed by atoms with E-state index in [9.17, 15) is 9.59 Å². The molecule has 1 aliphatic heterocycles. The normalized spacial score (nSPS) is 14.7. The Bertz CT molecular complexity index is 762. The van der Waals surface area contributed by atoms with Gasteiger partial charge in [-0.3, -0.25) is 14.5 Å². The number of aliphatic hydroxyl groups excluding tert-OH is 2. The van der Waals surface area contributed by atoms with E-state index < -0.39 is 11.8 Å². The van der Waals surface area contributed by atoms with Gasteiger partial charge < -0.3 is 20.0 Å². The molecule has 1 saturated heterocycles. The zero-order chi connectivity index (χ0) is 21.3. The molecule has 30 heavy (non-hydrogen) atoms. The summed E-state index contributed by atoms with van der Waals surface area (Å²) in [5.74, 6) is -1.25. The second kappa shape index (κ2) is 10.9. The van der Waals surface area contributed by atoms with Gasteiger partial charge in [0, 0.05) is 39.3 Å². The number of amides is 2. The summed E-state index contributed by atoms with van der Waals surface area (Å²) in [5.41, 5.74) is 2.38. The number of carbonyl (C=O) groups excluding carboxylic acids is 2. The van der Waals surface area contributed by atoms with Crippen molar-refractivity contribution in [3.05, 3.63) is 71.8 Å². The lowest BCUT2D eigenvalue weighted by molar-refractivity contribution is -0.153. The highest BCUT2D eigenvalue weighted by Gasteiger charge is 2.32. The standard InChI is InChI=1S/C23H29N3O4/c27-17-15-26(16-18-28)23(30)22(29)25-13-11-24(12-14-25)21(19-7-3-1-4-8-19)20-9-5-2-6-10-20/h1-10,21,27-28H,11-18H2. The molecule has 0 aromatic heterocycles. The summed E-state index contributed by atoms with van der Waals surface area (Å²) in [6, 6.07) is 20.6. The largest absolute Gasteiger partial charge is 0.395 e. The fourth-order valence-corrected chi connectivity index (χ4v) is 3.89. The van der Waals surface area contributed by atoms with Gasteiger partial charge in [-0.25, -0.2) is 0 Å². The van der Waals surface area contributed by atoms with Crippen molar-refractivity contribution >= 4 is 11.8 Å². The summed E-state index contributed by atoms with van der Waals surface area (Å²) in [4.78, 5) is 30.2. The number of carbonyl (C=O) groups is 2. The molecule has 160 valence electrons. The van der Waals surface area contributed by atoms with Crippen molar-refractivity contribution in [2.45, 2.75) is 6.04 Å². The average molecular weight is 412 g/mol. The Morgan fingerprint density at radius 1 is 0.800 bits per heavy atom. The molecule has 2 aromatic carbocycles. The number of hydrogen-bond acceptors (Lipinski definition) is 5. The number of hydrogen-bond donors (Lipinski definition) is 2. The van der Waals surface area contributed by atoms with Gasteiger partial charge in [0.25, 0.3) is 0 Å². The van der Waals surface area contributed by atoms with Crippen LogP contribution < -0.4 is 0 Å². The Morgan fingerprint density at radius 3 is 1.70 bits per heavy atom. The topological polar surface area (TPSA) is 84.3 Å². The Labute approximate surface area is 177 Å². The molecular formula is C23H29N3O4. The lowest BCUT2D eigenvalue weighted by Gasteiger charge is -2.40. The molecule has 0 aliphatic carbocycles. The molecular weight excluding hydrogens is 382 g/mol. The molecule has 0 unspecified atom stereocenters. The van der Waals surface area contributed by atoms with E-state index in [1.54, 1.807) is 4.90 Å². The van der Waals surface area contributed by atoms with E-state index in [0.717, 1.165) is 0 Å². The molecule has 3 rings (SSSR count). The number of piperazine rings is 1. The molecule has 2 aromatic rings. The monoisotopic (exact) mass is 411 g/mol. The molecule has 0 atom stereocenters. The smallest absolute Gasteiger partial charge is 0.312 e. The highest BCUT2D eigenvalue weighted by molar-refractivity contribution is 6.34. The van der Waals surface area contributed by atoms with Crippen LogP contribution in [0.15, 0.2) is 60.7 Å². The first kappa shape index (κ1) is 22.0. The first-order chi connectivity index (χ1) is 14.7. The van der Waals surface area contributed by atoms with Gasteiger partial charge in [0.15, 0.2) is 0 Å². The molecule has 0 saturated carbocycles. The van der Waals surface area contributed by atoms with Crippen LogP contribution in [0.4, 0.5) is 0 Å². The second-order valence-electron chi connectivity index (χ2n) is 7.29. The fourth-order valence-electron chi connectivity index (χ4n) is 3.89. The Balaban J connectivity index is 1.69. The van der Waals surface area contributed by atoms with Gasteiger partial charge in [-0.1, -0.05) is 60.7 Å². The third kappa shape index (κ3) is 5.24. The van der Waals surface area contributed by atoms with Crippen LogP contribution in [0.3, 0.4) is 0 Å². The van der Waals surface area contributed by atoms with Gasteiger partial charge in [0.2, 0.25) is 0 Å². The van der Waals surface area contributed by atoms with Crippen LogP contribution in [0.5, 0.6) is 0 Å². The van der Waals surface area contributed by atoms with E-state index in [1.165, 1.54) is 16.0 Å². The Morgan fingerprint density at radius 2 is 1.27 bits per heavy atom. The highest BCUT2D eigenvalue weighted by Crippen LogP contribution is 2.29. The van der Waals surface area contributed by atoms with Gasteiger partial charge in [0.1, 0.15) is 0 Å². The zero-order valence-corrected chi connectivity index (χ0v) is 17.1. The van der Waals surface area contributed by atoms with E-state index in [0.29, 0.717) is 26.2 Å². The van der Waals surface area contributed by atoms with Crippen molar-refractivity contribution in [3.63, 3.8) is 0 Å². The third-order valence-corrected chi connectivity index (χ3v) is 5.41. The molecule has 2 amide bonds. The molecule has 2 N–H and O–H groups in total. The van der Waals surface area contributed by atoms with Crippen LogP contribution in [0.1, 0.15) is 17.2 Å². The van der Waals surface area contributed by atoms with E-state index in [-0.39, 0.29) is 32.3 Å². The van der Waals surface area contributed by atoms with E-state index in [2.05, 4.69) is 29.2 Å². The lowest BCUT2D eigenvalue weighted by atomic mass is 9.96. The third-order valence-electron chi connectivity index (χ3n) is 5.41. The van der Waals surface area contributed by atoms with Gasteiger partial charge in [-0.15, -0.1) is 0 Å². The average Bonchev–Trinajstić information content (AvgIpc) is 2.80. The predicted molar refractivity (Wildman–Crippen MR) is 114 cm³/mol. The van der Waals surface area contributed by atoms with Crippen LogP contribution in [0.2, 0.25) is 0 Å². The van der Waals surface area contributed by atoms with Crippen LogP contribution >= 0.6 is 0 Å². The van der Waals surface area contributed by atoms with Crippen LogP contribution in [0, 0.1) is 0 Å². The minimum atomic E-state index is -0.672. The molecule has 0 radical (unpaired) electrons. The van der Waals surface area contributed by atoms with Crippen LogP contribution in [0.25, 0.3) is 0 Å². The van der Waals surface area contributed by atoms with Crippen molar-refractivity contribution in [1.82, 2.24) is 14.7 Å². The van der Waals surface area contributed by atoms with Crippen molar-refractivity contribution < 1.29 is 19.8 Å². The van der Waals surface area contributed by atoms with Gasteiger partial charge >= 0.3 is 11.8 Å². The van der Waals surface area contributed by atoms with Crippen LogP contribution in [-0.2, 0) is 9.59 Å². The molecule has 7 nitrogen and oxygen atoms in total. The fraction of sp³-hybridized carbons (Fsp3) is 0.391. The van der Waals surface area contributed by atoms with E-state index >= 15 is 0 Å². The number of benzene rings is 2. The zero-order valence-electron chi connectivity index (χ0n) is 17.1. The van der Waals surface area contributed by atoms with Crippen molar-refractivity contribution in [3.8, 4) is 0 Å². The molecule has 0 bridgehead atoms. The van der Waals surface area contributed by atoms with Gasteiger partial charge in [-0.05, 0) is 11.1 Å². The van der Waals surface area contributed by atoms with Crippen molar-refractivity contribution in [2.24, 2.45) is 0 Å². The number of aliphatic hydroxyl groups is 2. The van der Waals surface area contributed by atoms with Gasteiger partial charge in [-0.2, -0.15) is 0 Å². The first-order valence-corrected chi connectivity index (χ1v) is 10.3. The number of nitrogens with zero attached hydrogens (tertiary/aromatic N) is 3. The summed E-state index contributed by atoms with van der Waals surface area (Å²) in [5, 5.41) is 18.2. The SMILES string of the molecule is O=C(C(=O)N1CCN(C(c2ccccc2)c2ccccc2)CC1)N(CCO)CCO. The molecule has 1 heterocycles. The number of rotatable bonds is 7. The first-order valence-electron chi connectivity index (χ1n) is 10.3. The Kier molecular flexibility index (Phi) is 7.96. The minimum absolute atomic E-state index is 0.0369. The maximum Gasteiger partial charge on any atom is 0.312 e. The van der Waals surface area contributed by atoms with Crippen molar-refractivity contribution in [1.29, 1.82) is 0 Å². The maximum absolute atomic E-state index is 12.7. The maximum atomic E-state index is 12.7. The van der Waals surface area contributed by atoms with Gasteiger partial charge in [0.05, 0.1) is 19.3 Å². The Hall–Kier alpha value is -2.74. The van der Waals surface area contributed by atoms with E-state index in [1.807, 2.05) is 36.4 Å². The second-order valence-corrected chi connectivity index (χ2v) is 7.29. The molecule has 1 aliphatic rings. The molecule has 1 fully saturated rings. The summed E-state index contributed by atoms with van der Waals surface area (Å²) >= 11 is 0. The van der Waals surface area contributed by atoms with Crippen molar-refractivity contribution in [2.75, 3.05) is 52.5 Å². The summed E-state index contributed by atoms with van der Waals surface area (Å²) in [6.45, 7) is 1.77. The summed E-state index contributed by atoms with van der Waals surface area (Å²) < 4.78 is 0. The predicted octanol–water partition coefficient (Wildman–Crippen LogP) is 0.733. The minimum Gasteiger partial charge on any atom is -0.395 e. The summed E-state index contributed by atoms with van der Waals surface area (Å²) in [7, 11) is 0. The quantitative estimate of drug-likeness (QED) is 0.657. The highest BCUT2D eigenvalue weighted by atomic mass is 16.3.